The second-order valence-corrected chi connectivity index (χ2v) is 5.87. The summed E-state index contributed by atoms with van der Waals surface area (Å²) in [6.07, 6.45) is 0. The summed E-state index contributed by atoms with van der Waals surface area (Å²) in [4.78, 5) is 35.5. The van der Waals surface area contributed by atoms with E-state index in [2.05, 4.69) is 16.0 Å². The van der Waals surface area contributed by atoms with Crippen LogP contribution in [0.15, 0.2) is 42.5 Å². The first-order chi connectivity index (χ1) is 12.9. The number of nitrogens with one attached hydrogen (secondary N) is 3. The Bertz CT molecular complexity index is 849. The second kappa shape index (κ2) is 9.38. The average Bonchev–Trinajstić information content (AvgIpc) is 2.62. The third-order valence-electron chi connectivity index (χ3n) is 3.66. The molecule has 2 rings (SSSR count). The molecule has 27 heavy (non-hydrogen) atoms. The Morgan fingerprint density at radius 1 is 1.04 bits per heavy atom. The highest BCUT2D eigenvalue weighted by atomic mass is 16.5. The maximum Gasteiger partial charge on any atom is 0.255 e. The molecule has 0 atom stereocenters. The molecule has 0 bridgehead atoms. The van der Waals surface area contributed by atoms with Crippen molar-refractivity contribution in [2.75, 3.05) is 23.8 Å². The summed E-state index contributed by atoms with van der Waals surface area (Å²) < 4.78 is 5.42. The molecule has 7 nitrogen and oxygen atoms in total. The van der Waals surface area contributed by atoms with Gasteiger partial charge in [-0.1, -0.05) is 12.1 Å². The van der Waals surface area contributed by atoms with Gasteiger partial charge in [0, 0.05) is 18.3 Å². The SMILES string of the molecule is CCOc1ccccc1C(=O)NCC(=O)Nc1ccc(NC(C)=O)c(C)c1. The lowest BCUT2D eigenvalue weighted by atomic mass is 10.1. The summed E-state index contributed by atoms with van der Waals surface area (Å²) >= 11 is 0. The van der Waals surface area contributed by atoms with Crippen LogP contribution in [0.5, 0.6) is 5.75 Å². The van der Waals surface area contributed by atoms with Crippen LogP contribution >= 0.6 is 0 Å². The number of ether oxygens (including phenoxy) is 1. The van der Waals surface area contributed by atoms with Crippen molar-refractivity contribution in [1.82, 2.24) is 5.32 Å². The Morgan fingerprint density at radius 2 is 1.78 bits per heavy atom. The van der Waals surface area contributed by atoms with Crippen molar-refractivity contribution in [2.45, 2.75) is 20.8 Å². The number of para-hydroxylation sites is 1. The number of hydrogen-bond acceptors (Lipinski definition) is 4. The fourth-order valence-corrected chi connectivity index (χ4v) is 2.47. The number of aryl methyl sites for hydroxylation is 1. The maximum atomic E-state index is 12.3. The Balaban J connectivity index is 1.94. The molecule has 3 amide bonds. The van der Waals surface area contributed by atoms with Gasteiger partial charge in [-0.3, -0.25) is 14.4 Å². The van der Waals surface area contributed by atoms with E-state index in [1.807, 2.05) is 13.8 Å². The third-order valence-corrected chi connectivity index (χ3v) is 3.66. The van der Waals surface area contributed by atoms with Crippen LogP contribution in [-0.2, 0) is 9.59 Å². The van der Waals surface area contributed by atoms with Crippen molar-refractivity contribution in [3.63, 3.8) is 0 Å². The third kappa shape index (κ3) is 5.85. The summed E-state index contributed by atoms with van der Waals surface area (Å²) in [5.74, 6) is -0.428. The largest absolute Gasteiger partial charge is 0.493 e. The van der Waals surface area contributed by atoms with E-state index in [1.54, 1.807) is 42.5 Å². The molecule has 0 spiro atoms. The van der Waals surface area contributed by atoms with E-state index in [0.29, 0.717) is 29.3 Å². The molecule has 2 aromatic carbocycles. The van der Waals surface area contributed by atoms with Crippen molar-refractivity contribution in [2.24, 2.45) is 0 Å². The minimum Gasteiger partial charge on any atom is -0.493 e. The van der Waals surface area contributed by atoms with Gasteiger partial charge in [-0.15, -0.1) is 0 Å². The summed E-state index contributed by atoms with van der Waals surface area (Å²) in [6, 6.07) is 12.0. The molecule has 0 aliphatic carbocycles. The number of amides is 3. The minimum absolute atomic E-state index is 0.162. The molecule has 0 saturated carbocycles. The van der Waals surface area contributed by atoms with Crippen LogP contribution < -0.4 is 20.7 Å². The molecule has 7 heteroatoms. The van der Waals surface area contributed by atoms with Crippen molar-refractivity contribution in [3.8, 4) is 5.75 Å². The highest BCUT2D eigenvalue weighted by Gasteiger charge is 2.13. The average molecular weight is 369 g/mol. The van der Waals surface area contributed by atoms with E-state index in [4.69, 9.17) is 4.74 Å². The fourth-order valence-electron chi connectivity index (χ4n) is 2.47. The summed E-state index contributed by atoms with van der Waals surface area (Å²) in [5, 5.41) is 8.00. The first-order valence-corrected chi connectivity index (χ1v) is 8.58. The van der Waals surface area contributed by atoms with Gasteiger partial charge in [-0.05, 0) is 49.7 Å². The summed E-state index contributed by atoms with van der Waals surface area (Å²) in [7, 11) is 0. The predicted molar refractivity (Wildman–Crippen MR) is 104 cm³/mol. The van der Waals surface area contributed by atoms with Gasteiger partial charge in [-0.2, -0.15) is 0 Å². The van der Waals surface area contributed by atoms with E-state index in [-0.39, 0.29) is 24.3 Å². The van der Waals surface area contributed by atoms with Gasteiger partial charge in [0.1, 0.15) is 5.75 Å². The normalized spacial score (nSPS) is 10.0. The molecule has 0 radical (unpaired) electrons. The van der Waals surface area contributed by atoms with Crippen LogP contribution in [0, 0.1) is 6.92 Å². The molecule has 0 aliphatic rings. The van der Waals surface area contributed by atoms with E-state index in [1.165, 1.54) is 6.92 Å². The first-order valence-electron chi connectivity index (χ1n) is 8.58. The summed E-state index contributed by atoms with van der Waals surface area (Å²) in [6.45, 7) is 5.36. The molecule has 142 valence electrons. The van der Waals surface area contributed by atoms with Gasteiger partial charge in [0.25, 0.3) is 5.91 Å². The molecular weight excluding hydrogens is 346 g/mol. The molecule has 0 unspecified atom stereocenters. The zero-order valence-corrected chi connectivity index (χ0v) is 15.6. The van der Waals surface area contributed by atoms with Crippen molar-refractivity contribution < 1.29 is 19.1 Å². The number of benzene rings is 2. The Labute approximate surface area is 158 Å². The maximum absolute atomic E-state index is 12.3. The van der Waals surface area contributed by atoms with Crippen LogP contribution in [0.4, 0.5) is 11.4 Å². The molecule has 0 heterocycles. The molecule has 0 aliphatic heterocycles. The number of carbonyl (C=O) groups excluding carboxylic acids is 3. The monoisotopic (exact) mass is 369 g/mol. The second-order valence-electron chi connectivity index (χ2n) is 5.87. The van der Waals surface area contributed by atoms with Crippen molar-refractivity contribution in [1.29, 1.82) is 0 Å². The van der Waals surface area contributed by atoms with Crippen LogP contribution in [0.3, 0.4) is 0 Å². The number of carbonyl (C=O) groups is 3. The minimum atomic E-state index is -0.383. The van der Waals surface area contributed by atoms with Crippen molar-refractivity contribution >= 4 is 29.1 Å². The molecule has 3 N–H and O–H groups in total. The standard InChI is InChI=1S/C20H23N3O4/c1-4-27-18-8-6-5-7-16(18)20(26)21-12-19(25)23-15-9-10-17(13(2)11-15)22-14(3)24/h5-11H,4,12H2,1-3H3,(H,21,26)(H,22,24)(H,23,25). The predicted octanol–water partition coefficient (Wildman–Crippen LogP) is 2.72. The number of hydrogen-bond donors (Lipinski definition) is 3. The molecular formula is C20H23N3O4. The highest BCUT2D eigenvalue weighted by molar-refractivity contribution is 6.01. The smallest absolute Gasteiger partial charge is 0.255 e. The van der Waals surface area contributed by atoms with Crippen LogP contribution in [-0.4, -0.2) is 30.9 Å². The van der Waals surface area contributed by atoms with E-state index < -0.39 is 0 Å². The Morgan fingerprint density at radius 3 is 2.44 bits per heavy atom. The Kier molecular flexibility index (Phi) is 6.93. The highest BCUT2D eigenvalue weighted by Crippen LogP contribution is 2.20. The molecule has 0 fully saturated rings. The van der Waals surface area contributed by atoms with Crippen LogP contribution in [0.2, 0.25) is 0 Å². The van der Waals surface area contributed by atoms with E-state index in [0.717, 1.165) is 5.56 Å². The van der Waals surface area contributed by atoms with Crippen LogP contribution in [0.25, 0.3) is 0 Å². The van der Waals surface area contributed by atoms with Gasteiger partial charge in [0.15, 0.2) is 0 Å². The van der Waals surface area contributed by atoms with Gasteiger partial charge in [0.05, 0.1) is 18.7 Å². The lowest BCUT2D eigenvalue weighted by Gasteiger charge is -2.12. The van der Waals surface area contributed by atoms with Gasteiger partial charge in [-0.25, -0.2) is 0 Å². The van der Waals surface area contributed by atoms with E-state index >= 15 is 0 Å². The molecule has 2 aromatic rings. The van der Waals surface area contributed by atoms with Crippen molar-refractivity contribution in [3.05, 3.63) is 53.6 Å². The Hall–Kier alpha value is -3.35. The molecule has 0 aromatic heterocycles. The first kappa shape index (κ1) is 20.0. The topological polar surface area (TPSA) is 96.5 Å². The summed E-state index contributed by atoms with van der Waals surface area (Å²) in [5.41, 5.74) is 2.46. The lowest BCUT2D eigenvalue weighted by Crippen LogP contribution is -2.33. The van der Waals surface area contributed by atoms with Crippen LogP contribution in [0.1, 0.15) is 29.8 Å². The van der Waals surface area contributed by atoms with Gasteiger partial charge < -0.3 is 20.7 Å². The number of anilines is 2. The van der Waals surface area contributed by atoms with Gasteiger partial charge in [0.2, 0.25) is 11.8 Å². The lowest BCUT2D eigenvalue weighted by molar-refractivity contribution is -0.115. The zero-order chi connectivity index (χ0) is 19.8. The van der Waals surface area contributed by atoms with E-state index in [9.17, 15) is 14.4 Å². The fraction of sp³-hybridized carbons (Fsp3) is 0.250. The van der Waals surface area contributed by atoms with Gasteiger partial charge >= 0.3 is 0 Å². The number of rotatable bonds is 7. The quantitative estimate of drug-likeness (QED) is 0.699. The molecule has 0 saturated heterocycles. The zero-order valence-electron chi connectivity index (χ0n) is 15.6.